The summed E-state index contributed by atoms with van der Waals surface area (Å²) in [6, 6.07) is 7.19. The van der Waals surface area contributed by atoms with Crippen molar-refractivity contribution >= 4 is 17.6 Å². The van der Waals surface area contributed by atoms with Crippen LogP contribution in [0.3, 0.4) is 0 Å². The van der Waals surface area contributed by atoms with E-state index in [4.69, 9.17) is 0 Å². The van der Waals surface area contributed by atoms with Crippen LogP contribution in [0.15, 0.2) is 24.3 Å². The fraction of sp³-hybridized carbons (Fsp3) is 0.429. The maximum absolute atomic E-state index is 11.9. The van der Waals surface area contributed by atoms with Crippen LogP contribution in [-0.4, -0.2) is 44.7 Å². The molecule has 1 fully saturated rings. The number of anilines is 1. The SMILES string of the molecule is CNC(C)CNC(=O)c1ccc(N2CCNC2=O)cc1. The van der Waals surface area contributed by atoms with Crippen molar-refractivity contribution in [2.24, 2.45) is 0 Å². The molecule has 2 rings (SSSR count). The Kier molecular flexibility index (Phi) is 4.57. The molecule has 1 aromatic carbocycles. The zero-order valence-electron chi connectivity index (χ0n) is 11.8. The van der Waals surface area contributed by atoms with Crippen LogP contribution in [0, 0.1) is 0 Å². The van der Waals surface area contributed by atoms with Crippen LogP contribution >= 0.6 is 0 Å². The van der Waals surface area contributed by atoms with Gasteiger partial charge in [0.1, 0.15) is 0 Å². The standard InChI is InChI=1S/C14H20N4O2/c1-10(15-2)9-17-13(19)11-3-5-12(6-4-11)18-8-7-16-14(18)20/h3-6,10,15H,7-9H2,1-2H3,(H,16,20)(H,17,19). The van der Waals surface area contributed by atoms with Gasteiger partial charge in [0.2, 0.25) is 0 Å². The van der Waals surface area contributed by atoms with E-state index in [-0.39, 0.29) is 18.0 Å². The molecule has 0 aliphatic carbocycles. The van der Waals surface area contributed by atoms with Crippen molar-refractivity contribution in [3.05, 3.63) is 29.8 Å². The number of amides is 3. The highest BCUT2D eigenvalue weighted by molar-refractivity contribution is 5.97. The first-order valence-electron chi connectivity index (χ1n) is 6.72. The Hall–Kier alpha value is -2.08. The third kappa shape index (κ3) is 3.27. The summed E-state index contributed by atoms with van der Waals surface area (Å²) in [5.41, 5.74) is 1.40. The minimum atomic E-state index is -0.107. The van der Waals surface area contributed by atoms with E-state index in [2.05, 4.69) is 16.0 Å². The van der Waals surface area contributed by atoms with Crippen LogP contribution in [0.4, 0.5) is 10.5 Å². The second-order valence-electron chi connectivity index (χ2n) is 4.83. The summed E-state index contributed by atoms with van der Waals surface area (Å²) in [6.07, 6.45) is 0. The van der Waals surface area contributed by atoms with Crippen LogP contribution in [0.2, 0.25) is 0 Å². The summed E-state index contributed by atoms with van der Waals surface area (Å²) in [4.78, 5) is 25.1. The van der Waals surface area contributed by atoms with Crippen molar-refractivity contribution in [2.45, 2.75) is 13.0 Å². The lowest BCUT2D eigenvalue weighted by Gasteiger charge is -2.15. The zero-order chi connectivity index (χ0) is 14.5. The third-order valence-electron chi connectivity index (χ3n) is 3.36. The van der Waals surface area contributed by atoms with Gasteiger partial charge >= 0.3 is 6.03 Å². The number of hydrogen-bond acceptors (Lipinski definition) is 3. The monoisotopic (exact) mass is 276 g/mol. The highest BCUT2D eigenvalue weighted by Gasteiger charge is 2.21. The van der Waals surface area contributed by atoms with Gasteiger partial charge in [-0.2, -0.15) is 0 Å². The second kappa shape index (κ2) is 6.38. The van der Waals surface area contributed by atoms with E-state index in [0.29, 0.717) is 25.2 Å². The summed E-state index contributed by atoms with van der Waals surface area (Å²) >= 11 is 0. The molecule has 0 aromatic heterocycles. The van der Waals surface area contributed by atoms with Crippen molar-refractivity contribution in [3.63, 3.8) is 0 Å². The number of nitrogens with zero attached hydrogens (tertiary/aromatic N) is 1. The highest BCUT2D eigenvalue weighted by Crippen LogP contribution is 2.17. The number of nitrogens with one attached hydrogen (secondary N) is 3. The van der Waals surface area contributed by atoms with E-state index in [9.17, 15) is 9.59 Å². The van der Waals surface area contributed by atoms with Gasteiger partial charge < -0.3 is 16.0 Å². The molecule has 0 bridgehead atoms. The molecular weight excluding hydrogens is 256 g/mol. The number of carbonyl (C=O) groups excluding carboxylic acids is 2. The molecule has 0 spiro atoms. The second-order valence-corrected chi connectivity index (χ2v) is 4.83. The number of likely N-dealkylation sites (N-methyl/N-ethyl adjacent to an activating group) is 1. The number of carbonyl (C=O) groups is 2. The molecule has 3 N–H and O–H groups in total. The van der Waals surface area contributed by atoms with Gasteiger partial charge in [0.25, 0.3) is 5.91 Å². The molecule has 3 amide bonds. The first-order chi connectivity index (χ1) is 9.61. The van der Waals surface area contributed by atoms with E-state index in [0.717, 1.165) is 5.69 Å². The van der Waals surface area contributed by atoms with E-state index >= 15 is 0 Å². The largest absolute Gasteiger partial charge is 0.350 e. The van der Waals surface area contributed by atoms with Gasteiger partial charge in [-0.05, 0) is 38.2 Å². The van der Waals surface area contributed by atoms with Crippen LogP contribution in [0.25, 0.3) is 0 Å². The average Bonchev–Trinajstić information content (AvgIpc) is 2.90. The van der Waals surface area contributed by atoms with Crippen molar-refractivity contribution < 1.29 is 9.59 Å². The van der Waals surface area contributed by atoms with Gasteiger partial charge in [-0.1, -0.05) is 0 Å². The number of rotatable bonds is 5. The molecule has 1 heterocycles. The quantitative estimate of drug-likeness (QED) is 0.735. The molecule has 0 saturated carbocycles. The van der Waals surface area contributed by atoms with Crippen LogP contribution < -0.4 is 20.9 Å². The predicted octanol–water partition coefficient (Wildman–Crippen LogP) is 0.554. The van der Waals surface area contributed by atoms with Crippen molar-refractivity contribution in [1.29, 1.82) is 0 Å². The fourth-order valence-corrected chi connectivity index (χ4v) is 1.96. The van der Waals surface area contributed by atoms with E-state index < -0.39 is 0 Å². The number of hydrogen-bond donors (Lipinski definition) is 3. The van der Waals surface area contributed by atoms with Gasteiger partial charge in [0.05, 0.1) is 0 Å². The third-order valence-corrected chi connectivity index (χ3v) is 3.36. The molecule has 1 aliphatic rings. The molecule has 1 atom stereocenters. The summed E-state index contributed by atoms with van der Waals surface area (Å²) in [7, 11) is 1.85. The zero-order valence-corrected chi connectivity index (χ0v) is 11.8. The highest BCUT2D eigenvalue weighted by atomic mass is 16.2. The van der Waals surface area contributed by atoms with Gasteiger partial charge in [-0.25, -0.2) is 4.79 Å². The Balaban J connectivity index is 1.97. The lowest BCUT2D eigenvalue weighted by molar-refractivity contribution is 0.0950. The first-order valence-corrected chi connectivity index (χ1v) is 6.72. The predicted molar refractivity (Wildman–Crippen MR) is 78.0 cm³/mol. The maximum Gasteiger partial charge on any atom is 0.321 e. The maximum atomic E-state index is 11.9. The Labute approximate surface area is 118 Å². The number of benzene rings is 1. The number of urea groups is 1. The van der Waals surface area contributed by atoms with E-state index in [1.54, 1.807) is 29.2 Å². The van der Waals surface area contributed by atoms with Crippen molar-refractivity contribution in [1.82, 2.24) is 16.0 Å². The Morgan fingerprint density at radius 2 is 2.10 bits per heavy atom. The molecular formula is C14H20N4O2. The smallest absolute Gasteiger partial charge is 0.321 e. The summed E-state index contributed by atoms with van der Waals surface area (Å²) < 4.78 is 0. The van der Waals surface area contributed by atoms with Gasteiger partial charge in [-0.3, -0.25) is 9.69 Å². The average molecular weight is 276 g/mol. The van der Waals surface area contributed by atoms with Crippen LogP contribution in [-0.2, 0) is 0 Å². The summed E-state index contributed by atoms with van der Waals surface area (Å²) in [5, 5.41) is 8.66. The summed E-state index contributed by atoms with van der Waals surface area (Å²) in [6.45, 7) is 3.88. The minimum absolute atomic E-state index is 0.0925. The molecule has 1 aromatic rings. The van der Waals surface area contributed by atoms with Gasteiger partial charge in [0, 0.05) is 36.9 Å². The van der Waals surface area contributed by atoms with E-state index in [1.165, 1.54) is 0 Å². The van der Waals surface area contributed by atoms with Crippen molar-refractivity contribution in [2.75, 3.05) is 31.6 Å². The molecule has 20 heavy (non-hydrogen) atoms. The molecule has 108 valence electrons. The van der Waals surface area contributed by atoms with Crippen molar-refractivity contribution in [3.8, 4) is 0 Å². The molecule has 1 unspecified atom stereocenters. The van der Waals surface area contributed by atoms with Gasteiger partial charge in [0.15, 0.2) is 0 Å². The first kappa shape index (κ1) is 14.3. The lowest BCUT2D eigenvalue weighted by Crippen LogP contribution is -2.37. The molecule has 0 radical (unpaired) electrons. The minimum Gasteiger partial charge on any atom is -0.350 e. The normalized spacial score (nSPS) is 15.9. The van der Waals surface area contributed by atoms with E-state index in [1.807, 2.05) is 14.0 Å². The summed E-state index contributed by atoms with van der Waals surface area (Å²) in [5.74, 6) is -0.107. The molecule has 1 aliphatic heterocycles. The Morgan fingerprint density at radius 1 is 1.40 bits per heavy atom. The molecule has 6 heteroatoms. The Bertz CT molecular complexity index is 486. The van der Waals surface area contributed by atoms with Gasteiger partial charge in [-0.15, -0.1) is 0 Å². The lowest BCUT2D eigenvalue weighted by atomic mass is 10.2. The molecule has 6 nitrogen and oxygen atoms in total. The van der Waals surface area contributed by atoms with Crippen LogP contribution in [0.5, 0.6) is 0 Å². The topological polar surface area (TPSA) is 73.5 Å². The fourth-order valence-electron chi connectivity index (χ4n) is 1.96. The molecule has 1 saturated heterocycles. The Morgan fingerprint density at radius 3 is 2.65 bits per heavy atom. The van der Waals surface area contributed by atoms with Crippen LogP contribution in [0.1, 0.15) is 17.3 Å².